The number of halogens is 3. The highest BCUT2D eigenvalue weighted by Crippen LogP contribution is 2.40. The van der Waals surface area contributed by atoms with E-state index in [2.05, 4.69) is 10.3 Å². The average Bonchev–Trinajstić information content (AvgIpc) is 3.02. The Morgan fingerprint density at radius 2 is 1.85 bits per heavy atom. The van der Waals surface area contributed by atoms with Crippen molar-refractivity contribution in [3.63, 3.8) is 0 Å². The Labute approximate surface area is 172 Å². The van der Waals surface area contributed by atoms with Crippen molar-refractivity contribution in [2.45, 2.75) is 14.4 Å². The third-order valence-corrected chi connectivity index (χ3v) is 5.52. The smallest absolute Gasteiger partial charge is 0.282 e. The number of carbonyl (C=O) groups is 1. The number of amides is 1. The first kappa shape index (κ1) is 19.8. The molecular formula is C16H10Cl3N3O4S. The number of alkyl halides is 3. The van der Waals surface area contributed by atoms with Gasteiger partial charge in [-0.2, -0.15) is 0 Å². The Hall–Kier alpha value is -2.00. The van der Waals surface area contributed by atoms with Crippen LogP contribution in [0, 0.1) is 10.1 Å². The molecule has 0 unspecified atom stereocenters. The van der Waals surface area contributed by atoms with Crippen LogP contribution in [0.4, 0.5) is 5.69 Å². The predicted octanol–water partition coefficient (Wildman–Crippen LogP) is 4.95. The van der Waals surface area contributed by atoms with Crippen LogP contribution >= 0.6 is 46.6 Å². The third kappa shape index (κ3) is 4.65. The largest absolute Gasteiger partial charge is 0.431 e. The summed E-state index contributed by atoms with van der Waals surface area (Å²) < 4.78 is 3.63. The summed E-state index contributed by atoms with van der Waals surface area (Å²) in [6.07, 6.45) is 0. The van der Waals surface area contributed by atoms with E-state index < -0.39 is 20.0 Å². The lowest BCUT2D eigenvalue weighted by Crippen LogP contribution is -2.41. The maximum Gasteiger partial charge on any atom is 0.282 e. The molecule has 1 aromatic heterocycles. The molecule has 1 amide bonds. The van der Waals surface area contributed by atoms with Crippen LogP contribution in [0.2, 0.25) is 0 Å². The number of oxazole rings is 1. The van der Waals surface area contributed by atoms with E-state index >= 15 is 0 Å². The van der Waals surface area contributed by atoms with Gasteiger partial charge in [-0.25, -0.2) is 4.98 Å². The fourth-order valence-corrected chi connectivity index (χ4v) is 3.56. The quantitative estimate of drug-likeness (QED) is 0.196. The summed E-state index contributed by atoms with van der Waals surface area (Å²) in [7, 11) is 0. The molecule has 0 bridgehead atoms. The van der Waals surface area contributed by atoms with Gasteiger partial charge in [-0.15, -0.1) is 0 Å². The number of para-hydroxylation sites is 3. The zero-order chi connectivity index (χ0) is 19.6. The second-order valence-corrected chi connectivity index (χ2v) is 8.66. The van der Waals surface area contributed by atoms with E-state index in [0.29, 0.717) is 11.1 Å². The molecule has 7 nitrogen and oxygen atoms in total. The molecule has 0 radical (unpaired) electrons. The summed E-state index contributed by atoms with van der Waals surface area (Å²) in [6.45, 7) is 0. The predicted molar refractivity (Wildman–Crippen MR) is 105 cm³/mol. The zero-order valence-corrected chi connectivity index (χ0v) is 16.3. The van der Waals surface area contributed by atoms with E-state index in [1.54, 1.807) is 24.3 Å². The Kier molecular flexibility index (Phi) is 5.81. The summed E-state index contributed by atoms with van der Waals surface area (Å²) in [6, 6.07) is 12.5. The summed E-state index contributed by atoms with van der Waals surface area (Å²) >= 11 is 18.8. The van der Waals surface area contributed by atoms with Crippen LogP contribution in [-0.4, -0.2) is 25.0 Å². The number of thioether (sulfide) groups is 1. The van der Waals surface area contributed by atoms with Crippen molar-refractivity contribution in [1.29, 1.82) is 0 Å². The lowest BCUT2D eigenvalue weighted by atomic mass is 10.1. The lowest BCUT2D eigenvalue weighted by Gasteiger charge is -2.23. The molecule has 1 N–H and O–H groups in total. The molecule has 0 saturated heterocycles. The van der Waals surface area contributed by atoms with Gasteiger partial charge >= 0.3 is 0 Å². The Morgan fingerprint density at radius 1 is 1.19 bits per heavy atom. The molecule has 27 heavy (non-hydrogen) atoms. The molecule has 0 aliphatic heterocycles. The molecule has 2 aromatic carbocycles. The average molecular weight is 447 g/mol. The first-order valence-corrected chi connectivity index (χ1v) is 9.40. The van der Waals surface area contributed by atoms with Gasteiger partial charge in [0.25, 0.3) is 16.8 Å². The Morgan fingerprint density at radius 3 is 2.52 bits per heavy atom. The number of rotatable bonds is 5. The van der Waals surface area contributed by atoms with Crippen molar-refractivity contribution in [3.8, 4) is 0 Å². The molecule has 11 heteroatoms. The number of fused-ring (bicyclic) bond motifs is 1. The van der Waals surface area contributed by atoms with Crippen LogP contribution in [0.3, 0.4) is 0 Å². The minimum absolute atomic E-state index is 0.153. The molecule has 0 spiro atoms. The molecule has 0 aliphatic carbocycles. The van der Waals surface area contributed by atoms with Crippen LogP contribution in [0.15, 0.2) is 58.2 Å². The highest BCUT2D eigenvalue weighted by atomic mass is 35.6. The first-order chi connectivity index (χ1) is 12.8. The number of hydrogen-bond acceptors (Lipinski definition) is 6. The number of aromatic nitrogens is 1. The molecule has 1 heterocycles. The van der Waals surface area contributed by atoms with Crippen molar-refractivity contribution in [3.05, 3.63) is 64.2 Å². The maximum atomic E-state index is 12.5. The van der Waals surface area contributed by atoms with Gasteiger partial charge in [-0.1, -0.05) is 59.1 Å². The van der Waals surface area contributed by atoms with Crippen molar-refractivity contribution in [1.82, 2.24) is 10.3 Å². The van der Waals surface area contributed by atoms with Crippen LogP contribution in [0.5, 0.6) is 0 Å². The number of nitro groups is 1. The topological polar surface area (TPSA) is 98.3 Å². The molecule has 0 fully saturated rings. The van der Waals surface area contributed by atoms with Crippen molar-refractivity contribution in [2.75, 3.05) is 0 Å². The van der Waals surface area contributed by atoms with Gasteiger partial charge in [-0.3, -0.25) is 14.9 Å². The fraction of sp³-hybridized carbons (Fsp3) is 0.125. The maximum absolute atomic E-state index is 12.5. The van der Waals surface area contributed by atoms with Gasteiger partial charge in [-0.05, 0) is 30.0 Å². The van der Waals surface area contributed by atoms with Gasteiger partial charge in [0.2, 0.25) is 3.79 Å². The standard InChI is InChI=1S/C16H10Cl3N3O4S/c17-16(18,19)14(27-15-20-10-6-2-4-8-12(10)26-15)21-13(23)9-5-1-3-7-11(9)22(24)25/h1-8,14H,(H,21,23)/t14-/m1/s1. The van der Waals surface area contributed by atoms with E-state index in [1.165, 1.54) is 24.3 Å². The number of nitrogens with zero attached hydrogens (tertiary/aromatic N) is 2. The second-order valence-electron chi connectivity index (χ2n) is 5.23. The van der Waals surface area contributed by atoms with Crippen LogP contribution < -0.4 is 5.32 Å². The number of benzene rings is 2. The second kappa shape index (κ2) is 7.93. The molecule has 3 aromatic rings. The highest BCUT2D eigenvalue weighted by molar-refractivity contribution is 8.00. The van der Waals surface area contributed by atoms with Crippen molar-refractivity contribution >= 4 is 69.3 Å². The molecule has 0 aliphatic rings. The van der Waals surface area contributed by atoms with Gasteiger partial charge in [0, 0.05) is 6.07 Å². The zero-order valence-electron chi connectivity index (χ0n) is 13.3. The minimum atomic E-state index is -1.93. The Balaban J connectivity index is 1.85. The summed E-state index contributed by atoms with van der Waals surface area (Å²) in [4.78, 5) is 27.2. The van der Waals surface area contributed by atoms with Crippen LogP contribution in [-0.2, 0) is 0 Å². The van der Waals surface area contributed by atoms with E-state index in [1.807, 2.05) is 0 Å². The molecular weight excluding hydrogens is 437 g/mol. The summed E-state index contributed by atoms with van der Waals surface area (Å²) in [5.41, 5.74) is 0.631. The van der Waals surface area contributed by atoms with E-state index in [0.717, 1.165) is 11.8 Å². The fourth-order valence-electron chi connectivity index (χ4n) is 2.20. The summed E-state index contributed by atoms with van der Waals surface area (Å²) in [5, 5.41) is 12.7. The normalized spacial score (nSPS) is 12.7. The first-order valence-electron chi connectivity index (χ1n) is 7.39. The van der Waals surface area contributed by atoms with Gasteiger partial charge < -0.3 is 9.73 Å². The highest BCUT2D eigenvalue weighted by Gasteiger charge is 2.37. The van der Waals surface area contributed by atoms with Gasteiger partial charge in [0.05, 0.1) is 4.92 Å². The van der Waals surface area contributed by atoms with Gasteiger partial charge in [0.1, 0.15) is 16.5 Å². The number of hydrogen-bond donors (Lipinski definition) is 1. The van der Waals surface area contributed by atoms with E-state index in [4.69, 9.17) is 39.2 Å². The van der Waals surface area contributed by atoms with Crippen molar-refractivity contribution < 1.29 is 14.1 Å². The summed E-state index contributed by atoms with van der Waals surface area (Å²) in [5.74, 6) is -0.762. The van der Waals surface area contributed by atoms with E-state index in [9.17, 15) is 14.9 Å². The Bertz CT molecular complexity index is 973. The lowest BCUT2D eigenvalue weighted by molar-refractivity contribution is -0.385. The van der Waals surface area contributed by atoms with Crippen LogP contribution in [0.25, 0.3) is 11.1 Å². The molecule has 3 rings (SSSR count). The number of nitro benzene ring substituents is 1. The minimum Gasteiger partial charge on any atom is -0.431 e. The third-order valence-electron chi connectivity index (χ3n) is 3.40. The molecule has 1 atom stereocenters. The van der Waals surface area contributed by atoms with E-state index in [-0.39, 0.29) is 16.5 Å². The monoisotopic (exact) mass is 445 g/mol. The number of nitrogens with one attached hydrogen (secondary N) is 1. The van der Waals surface area contributed by atoms with Gasteiger partial charge in [0.15, 0.2) is 5.58 Å². The molecule has 0 saturated carbocycles. The number of carbonyl (C=O) groups excluding carboxylic acids is 1. The molecule has 140 valence electrons. The van der Waals surface area contributed by atoms with Crippen molar-refractivity contribution in [2.24, 2.45) is 0 Å². The SMILES string of the molecule is O=C(N[C@H](Sc1nc2ccccc2o1)C(Cl)(Cl)Cl)c1ccccc1[N+](=O)[O-]. The van der Waals surface area contributed by atoms with Crippen LogP contribution in [0.1, 0.15) is 10.4 Å².